The third-order valence-electron chi connectivity index (χ3n) is 3.74. The van der Waals surface area contributed by atoms with Crippen molar-refractivity contribution in [2.24, 2.45) is 0 Å². The lowest BCUT2D eigenvalue weighted by Crippen LogP contribution is -2.43. The molecule has 0 aromatic heterocycles. The van der Waals surface area contributed by atoms with Crippen molar-refractivity contribution in [3.63, 3.8) is 0 Å². The van der Waals surface area contributed by atoms with Gasteiger partial charge in [0.15, 0.2) is 24.2 Å². The predicted molar refractivity (Wildman–Crippen MR) is 95.9 cm³/mol. The summed E-state index contributed by atoms with van der Waals surface area (Å²) in [4.78, 5) is 13.8. The molecule has 7 heteroatoms. The number of halogens is 2. The van der Waals surface area contributed by atoms with Crippen LogP contribution in [-0.4, -0.2) is 43.7 Å². The minimum Gasteiger partial charge on any atom is -0.486 e. The van der Waals surface area contributed by atoms with E-state index in [1.807, 2.05) is 24.3 Å². The summed E-state index contributed by atoms with van der Waals surface area (Å²) >= 11 is 12.0. The first-order valence-corrected chi connectivity index (χ1v) is 8.49. The number of carbonyl (C=O) groups is 1. The Morgan fingerprint density at radius 2 is 1.96 bits per heavy atom. The molecule has 2 aromatic carbocycles. The van der Waals surface area contributed by atoms with Crippen LogP contribution in [0.15, 0.2) is 42.5 Å². The minimum atomic E-state index is -0.237. The number of likely N-dealkylation sites (N-methyl/N-ethyl adjacent to an activating group) is 1. The highest BCUT2D eigenvalue weighted by Crippen LogP contribution is 2.32. The summed E-state index contributed by atoms with van der Waals surface area (Å²) in [6, 6.07) is 12.5. The zero-order chi connectivity index (χ0) is 17.8. The molecule has 5 nitrogen and oxygen atoms in total. The van der Waals surface area contributed by atoms with E-state index in [2.05, 4.69) is 0 Å². The van der Waals surface area contributed by atoms with Crippen LogP contribution in [0.2, 0.25) is 10.0 Å². The highest BCUT2D eigenvalue weighted by molar-refractivity contribution is 6.42. The van der Waals surface area contributed by atoms with Crippen molar-refractivity contribution < 1.29 is 19.0 Å². The van der Waals surface area contributed by atoms with Gasteiger partial charge in [0, 0.05) is 7.05 Å². The van der Waals surface area contributed by atoms with Crippen LogP contribution in [0.25, 0.3) is 0 Å². The summed E-state index contributed by atoms with van der Waals surface area (Å²) in [7, 11) is 1.69. The highest BCUT2D eigenvalue weighted by atomic mass is 35.5. The molecular weight excluding hydrogens is 365 g/mol. The van der Waals surface area contributed by atoms with Crippen molar-refractivity contribution >= 4 is 29.1 Å². The van der Waals surface area contributed by atoms with Crippen LogP contribution in [-0.2, 0) is 4.79 Å². The maximum Gasteiger partial charge on any atom is 0.260 e. The van der Waals surface area contributed by atoms with Crippen molar-refractivity contribution in [1.29, 1.82) is 0 Å². The van der Waals surface area contributed by atoms with Crippen molar-refractivity contribution in [3.8, 4) is 17.2 Å². The monoisotopic (exact) mass is 381 g/mol. The van der Waals surface area contributed by atoms with E-state index in [0.717, 1.165) is 0 Å². The summed E-state index contributed by atoms with van der Waals surface area (Å²) in [6.45, 7) is 0.635. The molecule has 2 aromatic rings. The summed E-state index contributed by atoms with van der Waals surface area (Å²) in [5, 5.41) is 0.673. The van der Waals surface area contributed by atoms with Crippen LogP contribution < -0.4 is 14.2 Å². The lowest BCUT2D eigenvalue weighted by molar-refractivity contribution is -0.133. The number of rotatable bonds is 5. The molecule has 1 atom stereocenters. The lowest BCUT2D eigenvalue weighted by Gasteiger charge is -2.29. The smallest absolute Gasteiger partial charge is 0.260 e. The first-order valence-electron chi connectivity index (χ1n) is 7.74. The van der Waals surface area contributed by atoms with Crippen molar-refractivity contribution in [3.05, 3.63) is 52.5 Å². The number of amides is 1. The third-order valence-corrected chi connectivity index (χ3v) is 4.54. The number of ether oxygens (including phenoxy) is 3. The van der Waals surface area contributed by atoms with E-state index >= 15 is 0 Å². The standard InChI is InChI=1S/C18H17Cl2NO4/c1-21(9-12-10-23-14-6-2-3-7-15(14)25-12)17(22)11-24-16-8-4-5-13(19)18(16)20/h2-8,12H,9-11H2,1H3/t12-/m1/s1. The van der Waals surface area contributed by atoms with Gasteiger partial charge in [0.25, 0.3) is 5.91 Å². The van der Waals surface area contributed by atoms with Crippen LogP contribution in [0.1, 0.15) is 0 Å². The molecule has 132 valence electrons. The number of hydrogen-bond donors (Lipinski definition) is 0. The van der Waals surface area contributed by atoms with E-state index in [1.54, 1.807) is 30.1 Å². The topological polar surface area (TPSA) is 48.0 Å². The fourth-order valence-electron chi connectivity index (χ4n) is 2.41. The second kappa shape index (κ2) is 7.85. The van der Waals surface area contributed by atoms with E-state index < -0.39 is 0 Å². The molecule has 0 N–H and O–H groups in total. The van der Waals surface area contributed by atoms with E-state index in [9.17, 15) is 4.79 Å². The molecule has 0 unspecified atom stereocenters. The maximum atomic E-state index is 12.3. The number of hydrogen-bond acceptors (Lipinski definition) is 4. The molecule has 0 fully saturated rings. The van der Waals surface area contributed by atoms with E-state index in [1.165, 1.54) is 0 Å². The lowest BCUT2D eigenvalue weighted by atomic mass is 10.2. The highest BCUT2D eigenvalue weighted by Gasteiger charge is 2.24. The van der Waals surface area contributed by atoms with Crippen LogP contribution >= 0.6 is 23.2 Å². The van der Waals surface area contributed by atoms with Crippen molar-refractivity contribution in [2.75, 3.05) is 26.8 Å². The van der Waals surface area contributed by atoms with Gasteiger partial charge in [-0.05, 0) is 24.3 Å². The van der Waals surface area contributed by atoms with Gasteiger partial charge >= 0.3 is 0 Å². The molecule has 25 heavy (non-hydrogen) atoms. The molecule has 0 aliphatic carbocycles. The van der Waals surface area contributed by atoms with Gasteiger partial charge in [-0.15, -0.1) is 0 Å². The average Bonchev–Trinajstić information content (AvgIpc) is 2.62. The van der Waals surface area contributed by atoms with Gasteiger partial charge in [0.05, 0.1) is 11.6 Å². The molecule has 1 amide bonds. The van der Waals surface area contributed by atoms with E-state index in [0.29, 0.717) is 40.4 Å². The number of benzene rings is 2. The second-order valence-electron chi connectivity index (χ2n) is 5.61. The van der Waals surface area contributed by atoms with Crippen molar-refractivity contribution in [2.45, 2.75) is 6.10 Å². The average molecular weight is 382 g/mol. The Bertz CT molecular complexity index is 768. The Kier molecular flexibility index (Phi) is 5.56. The Morgan fingerprint density at radius 1 is 1.20 bits per heavy atom. The SMILES string of the molecule is CN(C[C@@H]1COc2ccccc2O1)C(=O)COc1cccc(Cl)c1Cl. The summed E-state index contributed by atoms with van der Waals surface area (Å²) < 4.78 is 17.0. The molecule has 0 saturated heterocycles. The zero-order valence-electron chi connectivity index (χ0n) is 13.6. The fraction of sp³-hybridized carbons (Fsp3) is 0.278. The number of para-hydroxylation sites is 2. The van der Waals surface area contributed by atoms with Crippen LogP contribution in [0, 0.1) is 0 Å². The van der Waals surface area contributed by atoms with Gasteiger partial charge < -0.3 is 19.1 Å². The van der Waals surface area contributed by atoms with E-state index in [4.69, 9.17) is 37.4 Å². The second-order valence-corrected chi connectivity index (χ2v) is 6.40. The molecular formula is C18H17Cl2NO4. The van der Waals surface area contributed by atoms with Crippen molar-refractivity contribution in [1.82, 2.24) is 4.90 Å². The third kappa shape index (κ3) is 4.30. The normalized spacial score (nSPS) is 15.6. The largest absolute Gasteiger partial charge is 0.486 e. The Hall–Kier alpha value is -2.11. The maximum absolute atomic E-state index is 12.3. The molecule has 0 saturated carbocycles. The van der Waals surface area contributed by atoms with Gasteiger partial charge in [-0.2, -0.15) is 0 Å². The van der Waals surface area contributed by atoms with Gasteiger partial charge in [-0.3, -0.25) is 4.79 Å². The zero-order valence-corrected chi connectivity index (χ0v) is 15.1. The predicted octanol–water partition coefficient (Wildman–Crippen LogP) is 3.67. The summed E-state index contributed by atoms with van der Waals surface area (Å²) in [5.41, 5.74) is 0. The van der Waals surface area contributed by atoms with Crippen LogP contribution in [0.3, 0.4) is 0 Å². The molecule has 3 rings (SSSR count). The van der Waals surface area contributed by atoms with Crippen LogP contribution in [0.4, 0.5) is 0 Å². The molecule has 0 spiro atoms. The Balaban J connectivity index is 1.52. The van der Waals surface area contributed by atoms with Gasteiger partial charge in [0.1, 0.15) is 17.4 Å². The quantitative estimate of drug-likeness (QED) is 0.792. The minimum absolute atomic E-state index is 0.138. The first-order chi connectivity index (χ1) is 12.0. The summed E-state index contributed by atoms with van der Waals surface area (Å²) in [6.07, 6.45) is -0.237. The van der Waals surface area contributed by atoms with Crippen LogP contribution in [0.5, 0.6) is 17.2 Å². The van der Waals surface area contributed by atoms with Gasteiger partial charge in [0.2, 0.25) is 0 Å². The molecule has 0 radical (unpaired) electrons. The first kappa shape index (κ1) is 17.7. The number of nitrogens with zero attached hydrogens (tertiary/aromatic N) is 1. The van der Waals surface area contributed by atoms with E-state index in [-0.39, 0.29) is 18.6 Å². The summed E-state index contributed by atoms with van der Waals surface area (Å²) in [5.74, 6) is 1.58. The van der Waals surface area contributed by atoms with Gasteiger partial charge in [-0.25, -0.2) is 0 Å². The molecule has 0 bridgehead atoms. The Labute approximate surface area is 156 Å². The number of fused-ring (bicyclic) bond motifs is 1. The fourth-order valence-corrected chi connectivity index (χ4v) is 2.75. The number of carbonyl (C=O) groups excluding carboxylic acids is 1. The van der Waals surface area contributed by atoms with Gasteiger partial charge in [-0.1, -0.05) is 41.4 Å². The molecule has 1 aliphatic rings. The Morgan fingerprint density at radius 3 is 2.76 bits per heavy atom. The molecule has 1 heterocycles. The molecule has 1 aliphatic heterocycles.